The summed E-state index contributed by atoms with van der Waals surface area (Å²) in [5, 5.41) is 0. The van der Waals surface area contributed by atoms with Crippen molar-refractivity contribution in [2.75, 3.05) is 0 Å². The van der Waals surface area contributed by atoms with Crippen LogP contribution < -0.4 is 0 Å². The van der Waals surface area contributed by atoms with E-state index < -0.39 is 5.82 Å². The fourth-order valence-corrected chi connectivity index (χ4v) is 1.94. The topological polar surface area (TPSA) is 33.2 Å². The van der Waals surface area contributed by atoms with Crippen LogP contribution >= 0.6 is 0 Å². The van der Waals surface area contributed by atoms with Gasteiger partial charge in [0, 0.05) is 12.2 Å². The van der Waals surface area contributed by atoms with Crippen LogP contribution in [0.1, 0.15) is 29.9 Å². The molecule has 20 heavy (non-hydrogen) atoms. The molecule has 1 aromatic carbocycles. The summed E-state index contributed by atoms with van der Waals surface area (Å²) < 4.78 is 13.7. The molecule has 2 aromatic rings. The van der Waals surface area contributed by atoms with Gasteiger partial charge in [-0.25, -0.2) is 4.39 Å². The first-order valence-corrected chi connectivity index (χ1v) is 6.55. The van der Waals surface area contributed by atoms with Crippen LogP contribution in [0.2, 0.25) is 0 Å². The van der Waals surface area contributed by atoms with Crippen molar-refractivity contribution in [1.29, 1.82) is 0 Å². The zero-order chi connectivity index (χ0) is 14.5. The first-order valence-electron chi connectivity index (χ1n) is 6.55. The summed E-state index contributed by atoms with van der Waals surface area (Å²) in [7, 11) is 0. The van der Waals surface area contributed by atoms with Crippen molar-refractivity contribution in [2.24, 2.45) is 0 Å². The summed E-state index contributed by atoms with van der Waals surface area (Å²) in [4.78, 5) is 18.3. The van der Waals surface area contributed by atoms with Gasteiger partial charge in [-0.05, 0) is 38.1 Å². The molecule has 0 saturated carbocycles. The lowest BCUT2D eigenvalue weighted by Crippen LogP contribution is -2.37. The van der Waals surface area contributed by atoms with E-state index in [2.05, 4.69) is 4.98 Å². The van der Waals surface area contributed by atoms with Gasteiger partial charge in [-0.15, -0.1) is 0 Å². The van der Waals surface area contributed by atoms with Crippen LogP contribution in [0, 0.1) is 5.82 Å². The standard InChI is InChI=1S/C16H17FN2O/c1-12(2)19(11-13-7-5-6-10-18-13)16(20)14-8-3-4-9-15(14)17/h3-10,12H,11H2,1-2H3. The average Bonchev–Trinajstić information content (AvgIpc) is 2.45. The van der Waals surface area contributed by atoms with Gasteiger partial charge in [0.15, 0.2) is 0 Å². The van der Waals surface area contributed by atoms with Crippen molar-refractivity contribution in [3.63, 3.8) is 0 Å². The first kappa shape index (κ1) is 14.2. The van der Waals surface area contributed by atoms with Crippen molar-refractivity contribution < 1.29 is 9.18 Å². The molecule has 0 N–H and O–H groups in total. The van der Waals surface area contributed by atoms with E-state index in [1.165, 1.54) is 12.1 Å². The van der Waals surface area contributed by atoms with E-state index in [9.17, 15) is 9.18 Å². The lowest BCUT2D eigenvalue weighted by molar-refractivity contribution is 0.0683. The van der Waals surface area contributed by atoms with Crippen LogP contribution in [-0.2, 0) is 6.54 Å². The third-order valence-corrected chi connectivity index (χ3v) is 3.05. The Labute approximate surface area is 118 Å². The van der Waals surface area contributed by atoms with Crippen LogP contribution in [0.25, 0.3) is 0 Å². The summed E-state index contributed by atoms with van der Waals surface area (Å²) in [5.74, 6) is -0.812. The minimum atomic E-state index is -0.496. The molecule has 0 spiro atoms. The van der Waals surface area contributed by atoms with E-state index in [4.69, 9.17) is 0 Å². The smallest absolute Gasteiger partial charge is 0.257 e. The van der Waals surface area contributed by atoms with E-state index in [0.717, 1.165) is 5.69 Å². The molecule has 1 amide bonds. The largest absolute Gasteiger partial charge is 0.330 e. The van der Waals surface area contributed by atoms with Gasteiger partial charge in [0.1, 0.15) is 5.82 Å². The van der Waals surface area contributed by atoms with Gasteiger partial charge < -0.3 is 4.90 Å². The van der Waals surface area contributed by atoms with Gasteiger partial charge >= 0.3 is 0 Å². The number of aromatic nitrogens is 1. The van der Waals surface area contributed by atoms with E-state index >= 15 is 0 Å². The maximum atomic E-state index is 13.7. The molecule has 0 bridgehead atoms. The monoisotopic (exact) mass is 272 g/mol. The second-order valence-corrected chi connectivity index (χ2v) is 4.83. The molecule has 2 rings (SSSR count). The highest BCUT2D eigenvalue weighted by Crippen LogP contribution is 2.14. The summed E-state index contributed by atoms with van der Waals surface area (Å²) >= 11 is 0. The normalized spacial score (nSPS) is 10.6. The number of pyridine rings is 1. The third-order valence-electron chi connectivity index (χ3n) is 3.05. The Hall–Kier alpha value is -2.23. The number of nitrogens with zero attached hydrogens (tertiary/aromatic N) is 2. The SMILES string of the molecule is CC(C)N(Cc1ccccn1)C(=O)c1ccccc1F. The molecule has 1 heterocycles. The van der Waals surface area contributed by atoms with Crippen molar-refractivity contribution in [1.82, 2.24) is 9.88 Å². The Morgan fingerprint density at radius 3 is 2.50 bits per heavy atom. The molecule has 0 unspecified atom stereocenters. The molecule has 0 saturated heterocycles. The molecule has 0 radical (unpaired) electrons. The van der Waals surface area contributed by atoms with E-state index in [1.54, 1.807) is 23.2 Å². The minimum absolute atomic E-state index is 0.0379. The van der Waals surface area contributed by atoms with Gasteiger partial charge in [-0.1, -0.05) is 18.2 Å². The zero-order valence-corrected chi connectivity index (χ0v) is 11.6. The minimum Gasteiger partial charge on any atom is -0.330 e. The number of amides is 1. The van der Waals surface area contributed by atoms with Crippen molar-refractivity contribution >= 4 is 5.91 Å². The molecule has 4 heteroatoms. The predicted molar refractivity (Wildman–Crippen MR) is 75.6 cm³/mol. The summed E-state index contributed by atoms with van der Waals surface area (Å²) in [6.45, 7) is 4.18. The molecule has 0 aliphatic carbocycles. The molecular weight excluding hydrogens is 255 g/mol. The molecule has 0 aliphatic rings. The third kappa shape index (κ3) is 3.20. The summed E-state index contributed by atoms with van der Waals surface area (Å²) in [6.07, 6.45) is 1.68. The summed E-state index contributed by atoms with van der Waals surface area (Å²) in [6, 6.07) is 11.5. The highest BCUT2D eigenvalue weighted by Gasteiger charge is 2.21. The fraction of sp³-hybridized carbons (Fsp3) is 0.250. The summed E-state index contributed by atoms with van der Waals surface area (Å²) in [5.41, 5.74) is 0.878. The average molecular weight is 272 g/mol. The Balaban J connectivity index is 2.25. The molecule has 104 valence electrons. The lowest BCUT2D eigenvalue weighted by Gasteiger charge is -2.26. The highest BCUT2D eigenvalue weighted by atomic mass is 19.1. The number of benzene rings is 1. The quantitative estimate of drug-likeness (QED) is 0.855. The van der Waals surface area contributed by atoms with Crippen LogP contribution in [0.15, 0.2) is 48.7 Å². The van der Waals surface area contributed by atoms with Gasteiger partial charge in [0.25, 0.3) is 5.91 Å². The van der Waals surface area contributed by atoms with Gasteiger partial charge in [-0.2, -0.15) is 0 Å². The number of carbonyl (C=O) groups is 1. The van der Waals surface area contributed by atoms with Crippen LogP contribution in [0.4, 0.5) is 4.39 Å². The zero-order valence-electron chi connectivity index (χ0n) is 11.6. The van der Waals surface area contributed by atoms with Crippen LogP contribution in [0.3, 0.4) is 0 Å². The number of hydrogen-bond donors (Lipinski definition) is 0. The van der Waals surface area contributed by atoms with E-state index in [-0.39, 0.29) is 17.5 Å². The van der Waals surface area contributed by atoms with Crippen molar-refractivity contribution in [3.05, 3.63) is 65.7 Å². The van der Waals surface area contributed by atoms with Gasteiger partial charge in [0.05, 0.1) is 17.8 Å². The molecule has 0 aliphatic heterocycles. The second-order valence-electron chi connectivity index (χ2n) is 4.83. The van der Waals surface area contributed by atoms with Crippen molar-refractivity contribution in [2.45, 2.75) is 26.4 Å². The molecule has 0 atom stereocenters. The Morgan fingerprint density at radius 1 is 1.20 bits per heavy atom. The van der Waals surface area contributed by atoms with Gasteiger partial charge in [-0.3, -0.25) is 9.78 Å². The lowest BCUT2D eigenvalue weighted by atomic mass is 10.1. The van der Waals surface area contributed by atoms with Crippen LogP contribution in [0.5, 0.6) is 0 Å². The van der Waals surface area contributed by atoms with Crippen LogP contribution in [-0.4, -0.2) is 21.8 Å². The van der Waals surface area contributed by atoms with Gasteiger partial charge in [0.2, 0.25) is 0 Å². The fourth-order valence-electron chi connectivity index (χ4n) is 1.94. The maximum absolute atomic E-state index is 13.7. The molecular formula is C16H17FN2O. The first-order chi connectivity index (χ1) is 9.59. The number of hydrogen-bond acceptors (Lipinski definition) is 2. The molecule has 0 fully saturated rings. The Kier molecular flexibility index (Phi) is 4.45. The highest BCUT2D eigenvalue weighted by molar-refractivity contribution is 5.94. The Morgan fingerprint density at radius 2 is 1.90 bits per heavy atom. The predicted octanol–water partition coefficient (Wildman–Crippen LogP) is 3.27. The van der Waals surface area contributed by atoms with E-state index in [1.807, 2.05) is 32.0 Å². The molecule has 1 aromatic heterocycles. The number of rotatable bonds is 4. The number of halogens is 1. The number of carbonyl (C=O) groups excluding carboxylic acids is 1. The van der Waals surface area contributed by atoms with E-state index in [0.29, 0.717) is 6.54 Å². The van der Waals surface area contributed by atoms with Crippen molar-refractivity contribution in [3.8, 4) is 0 Å². The molecule has 3 nitrogen and oxygen atoms in total. The second kappa shape index (κ2) is 6.28. The maximum Gasteiger partial charge on any atom is 0.257 e. The Bertz CT molecular complexity index is 584.